The number of ketones is 1. The number of hydrogen-bond acceptors (Lipinski definition) is 4. The fourth-order valence-electron chi connectivity index (χ4n) is 3.62. The van der Waals surface area contributed by atoms with Crippen LogP contribution in [0.15, 0.2) is 11.6 Å². The zero-order valence-corrected chi connectivity index (χ0v) is 14.7. The second kappa shape index (κ2) is 5.99. The summed E-state index contributed by atoms with van der Waals surface area (Å²) in [5.41, 5.74) is -0.810. The van der Waals surface area contributed by atoms with Gasteiger partial charge in [-0.3, -0.25) is 4.79 Å². The van der Waals surface area contributed by atoms with E-state index in [2.05, 4.69) is 0 Å². The molecular formula is C18H26N2O3. The Morgan fingerprint density at radius 2 is 1.96 bits per heavy atom. The van der Waals surface area contributed by atoms with Crippen molar-refractivity contribution in [3.63, 3.8) is 0 Å². The highest BCUT2D eigenvalue weighted by molar-refractivity contribution is 6.03. The lowest BCUT2D eigenvalue weighted by Gasteiger charge is -2.39. The molecule has 0 radical (unpaired) electrons. The molecular weight excluding hydrogens is 292 g/mol. The standard InChI is InChI=1S/C18H26N2O3/c1-17(2,3)23-16(22)20-8-6-12-10-13(11-19)15(21)18(4,5)14(12)7-9-20/h10,12,14H,6-9H2,1-5H3. The minimum absolute atomic E-state index is 0.0769. The second-order valence-corrected chi connectivity index (χ2v) is 8.06. The van der Waals surface area contributed by atoms with E-state index in [1.807, 2.05) is 46.8 Å². The van der Waals surface area contributed by atoms with Gasteiger partial charge in [-0.2, -0.15) is 5.26 Å². The van der Waals surface area contributed by atoms with Crippen molar-refractivity contribution in [2.45, 2.75) is 53.1 Å². The number of nitrogens with zero attached hydrogens (tertiary/aromatic N) is 2. The van der Waals surface area contributed by atoms with E-state index in [-0.39, 0.29) is 29.3 Å². The van der Waals surface area contributed by atoms with Crippen LogP contribution in [0.25, 0.3) is 0 Å². The predicted molar refractivity (Wildman–Crippen MR) is 86.5 cm³/mol. The van der Waals surface area contributed by atoms with Crippen molar-refractivity contribution < 1.29 is 14.3 Å². The Hall–Kier alpha value is -1.83. The van der Waals surface area contributed by atoms with Crippen molar-refractivity contribution in [1.29, 1.82) is 5.26 Å². The predicted octanol–water partition coefficient (Wildman–Crippen LogP) is 3.31. The lowest BCUT2D eigenvalue weighted by molar-refractivity contribution is -0.127. The first kappa shape index (κ1) is 17.5. The molecule has 23 heavy (non-hydrogen) atoms. The maximum absolute atomic E-state index is 12.5. The Balaban J connectivity index is 2.18. The van der Waals surface area contributed by atoms with Crippen LogP contribution in [-0.4, -0.2) is 35.5 Å². The van der Waals surface area contributed by atoms with Gasteiger partial charge < -0.3 is 9.64 Å². The van der Waals surface area contributed by atoms with E-state index in [1.54, 1.807) is 4.90 Å². The molecule has 1 heterocycles. The number of nitriles is 1. The Labute approximate surface area is 138 Å². The molecule has 5 nitrogen and oxygen atoms in total. The van der Waals surface area contributed by atoms with Gasteiger partial charge in [0.05, 0.1) is 5.57 Å². The summed E-state index contributed by atoms with van der Waals surface area (Å²) >= 11 is 0. The molecule has 2 rings (SSSR count). The van der Waals surface area contributed by atoms with E-state index in [4.69, 9.17) is 4.74 Å². The third-order valence-electron chi connectivity index (χ3n) is 4.87. The minimum atomic E-state index is -0.561. The Morgan fingerprint density at radius 1 is 1.35 bits per heavy atom. The molecule has 1 saturated heterocycles. The first-order valence-corrected chi connectivity index (χ1v) is 8.21. The van der Waals surface area contributed by atoms with E-state index in [0.717, 1.165) is 12.8 Å². The molecule has 0 aromatic heterocycles. The van der Waals surface area contributed by atoms with Crippen molar-refractivity contribution in [2.75, 3.05) is 13.1 Å². The molecule has 1 aliphatic carbocycles. The summed E-state index contributed by atoms with van der Waals surface area (Å²) in [4.78, 5) is 26.5. The molecule has 126 valence electrons. The molecule has 2 atom stereocenters. The Kier molecular flexibility index (Phi) is 4.57. The monoisotopic (exact) mass is 318 g/mol. The summed E-state index contributed by atoms with van der Waals surface area (Å²) in [5.74, 6) is 0.233. The van der Waals surface area contributed by atoms with E-state index in [1.165, 1.54) is 0 Å². The molecule has 0 N–H and O–H groups in total. The molecule has 2 unspecified atom stereocenters. The molecule has 0 aromatic rings. The van der Waals surface area contributed by atoms with Gasteiger partial charge in [0.25, 0.3) is 0 Å². The Morgan fingerprint density at radius 3 is 2.52 bits per heavy atom. The maximum Gasteiger partial charge on any atom is 0.410 e. The van der Waals surface area contributed by atoms with Crippen molar-refractivity contribution >= 4 is 11.9 Å². The summed E-state index contributed by atoms with van der Waals surface area (Å²) in [6.07, 6.45) is 3.02. The summed E-state index contributed by atoms with van der Waals surface area (Å²) in [5, 5.41) is 9.20. The molecule has 0 aromatic carbocycles. The number of carbonyl (C=O) groups is 2. The van der Waals surface area contributed by atoms with Crippen LogP contribution in [-0.2, 0) is 9.53 Å². The van der Waals surface area contributed by atoms with Gasteiger partial charge in [-0.1, -0.05) is 19.9 Å². The number of amides is 1. The maximum atomic E-state index is 12.5. The Bertz CT molecular complexity index is 578. The average Bonchev–Trinajstić information content (AvgIpc) is 2.64. The van der Waals surface area contributed by atoms with Crippen LogP contribution in [0.4, 0.5) is 4.79 Å². The number of ether oxygens (including phenoxy) is 1. The van der Waals surface area contributed by atoms with Gasteiger partial charge in [-0.05, 0) is 45.4 Å². The molecule has 1 amide bonds. The third-order valence-corrected chi connectivity index (χ3v) is 4.87. The van der Waals surface area contributed by atoms with Crippen LogP contribution in [0.1, 0.15) is 47.5 Å². The van der Waals surface area contributed by atoms with Gasteiger partial charge in [0.15, 0.2) is 5.78 Å². The topological polar surface area (TPSA) is 70.4 Å². The fraction of sp³-hybridized carbons (Fsp3) is 0.722. The summed E-state index contributed by atoms with van der Waals surface area (Å²) in [6.45, 7) is 10.6. The number of hydrogen-bond donors (Lipinski definition) is 0. The summed E-state index contributed by atoms with van der Waals surface area (Å²) < 4.78 is 5.45. The van der Waals surface area contributed by atoms with Gasteiger partial charge in [0, 0.05) is 18.5 Å². The van der Waals surface area contributed by atoms with E-state index in [9.17, 15) is 14.9 Å². The number of rotatable bonds is 0. The number of fused-ring (bicyclic) bond motifs is 1. The van der Waals surface area contributed by atoms with Gasteiger partial charge in [0.2, 0.25) is 0 Å². The van der Waals surface area contributed by atoms with E-state index < -0.39 is 11.0 Å². The number of allylic oxidation sites excluding steroid dienone is 2. The normalized spacial score (nSPS) is 27.4. The second-order valence-electron chi connectivity index (χ2n) is 8.06. The number of carbonyl (C=O) groups excluding carboxylic acids is 2. The minimum Gasteiger partial charge on any atom is -0.444 e. The fourth-order valence-corrected chi connectivity index (χ4v) is 3.62. The van der Waals surface area contributed by atoms with Crippen LogP contribution in [0.5, 0.6) is 0 Å². The quantitative estimate of drug-likeness (QED) is 0.687. The first-order valence-electron chi connectivity index (χ1n) is 8.21. The highest BCUT2D eigenvalue weighted by Gasteiger charge is 2.46. The van der Waals surface area contributed by atoms with Gasteiger partial charge in [0.1, 0.15) is 11.7 Å². The van der Waals surface area contributed by atoms with Crippen molar-refractivity contribution in [1.82, 2.24) is 4.90 Å². The third kappa shape index (κ3) is 3.57. The lowest BCUT2D eigenvalue weighted by atomic mass is 9.62. The van der Waals surface area contributed by atoms with Gasteiger partial charge >= 0.3 is 6.09 Å². The van der Waals surface area contributed by atoms with E-state index in [0.29, 0.717) is 13.1 Å². The molecule has 1 fully saturated rings. The van der Waals surface area contributed by atoms with Crippen LogP contribution < -0.4 is 0 Å². The van der Waals surface area contributed by atoms with Gasteiger partial charge in [-0.15, -0.1) is 0 Å². The SMILES string of the molecule is CC(C)(C)OC(=O)N1CCC2C=C(C#N)C(=O)C(C)(C)C2CC1. The molecule has 0 bridgehead atoms. The van der Waals surface area contributed by atoms with Gasteiger partial charge in [-0.25, -0.2) is 4.79 Å². The lowest BCUT2D eigenvalue weighted by Crippen LogP contribution is -2.41. The van der Waals surface area contributed by atoms with Crippen LogP contribution >= 0.6 is 0 Å². The molecule has 1 aliphatic heterocycles. The van der Waals surface area contributed by atoms with Crippen LogP contribution in [0.3, 0.4) is 0 Å². The largest absolute Gasteiger partial charge is 0.444 e. The molecule has 0 saturated carbocycles. The van der Waals surface area contributed by atoms with Crippen molar-refractivity contribution in [2.24, 2.45) is 17.3 Å². The molecule has 5 heteroatoms. The molecule has 0 spiro atoms. The van der Waals surface area contributed by atoms with E-state index >= 15 is 0 Å². The number of Topliss-reactive ketones (excluding diaryl/α,β-unsaturated/α-hetero) is 1. The van der Waals surface area contributed by atoms with Crippen LogP contribution in [0.2, 0.25) is 0 Å². The summed E-state index contributed by atoms with van der Waals surface area (Å²) in [6, 6.07) is 2.03. The first-order chi connectivity index (χ1) is 10.6. The highest BCUT2D eigenvalue weighted by atomic mass is 16.6. The molecule has 2 aliphatic rings. The number of likely N-dealkylation sites (tertiary alicyclic amines) is 1. The summed E-state index contributed by atoms with van der Waals surface area (Å²) in [7, 11) is 0. The highest BCUT2D eigenvalue weighted by Crippen LogP contribution is 2.45. The van der Waals surface area contributed by atoms with Crippen molar-refractivity contribution in [3.05, 3.63) is 11.6 Å². The van der Waals surface area contributed by atoms with Crippen molar-refractivity contribution in [3.8, 4) is 6.07 Å². The van der Waals surface area contributed by atoms with Crippen LogP contribution in [0, 0.1) is 28.6 Å². The zero-order valence-electron chi connectivity index (χ0n) is 14.7. The smallest absolute Gasteiger partial charge is 0.410 e. The average molecular weight is 318 g/mol. The zero-order chi connectivity index (χ0) is 17.4.